The molecule has 1 aliphatic heterocycles. The van der Waals surface area contributed by atoms with E-state index in [2.05, 4.69) is 9.88 Å². The highest BCUT2D eigenvalue weighted by molar-refractivity contribution is 5.93. The molecule has 5 nitrogen and oxygen atoms in total. The van der Waals surface area contributed by atoms with Crippen LogP contribution in [0.2, 0.25) is 0 Å². The van der Waals surface area contributed by atoms with Gasteiger partial charge < -0.3 is 15.7 Å². The average Bonchev–Trinajstić information content (AvgIpc) is 2.78. The number of nitrogens with one attached hydrogen (secondary N) is 1. The molecule has 2 rings (SSSR count). The van der Waals surface area contributed by atoms with Gasteiger partial charge in [0.05, 0.1) is 0 Å². The number of pyridine rings is 1. The summed E-state index contributed by atoms with van der Waals surface area (Å²) in [5, 5.41) is 16.4. The Morgan fingerprint density at radius 3 is 3.12 bits per heavy atom. The third-order valence-corrected chi connectivity index (χ3v) is 3.14. The number of amidine groups is 1. The molecule has 17 heavy (non-hydrogen) atoms. The fraction of sp³-hybridized carbons (Fsp3) is 0.500. The molecule has 92 valence electrons. The molecule has 4 N–H and O–H groups in total. The van der Waals surface area contributed by atoms with E-state index in [1.54, 1.807) is 6.07 Å². The zero-order chi connectivity index (χ0) is 12.3. The van der Waals surface area contributed by atoms with Gasteiger partial charge >= 0.3 is 0 Å². The molecule has 1 aliphatic rings. The Bertz CT molecular complexity index is 407. The van der Waals surface area contributed by atoms with E-state index in [1.807, 2.05) is 12.1 Å². The van der Waals surface area contributed by atoms with Crippen LogP contribution in [0.25, 0.3) is 0 Å². The third-order valence-electron chi connectivity index (χ3n) is 3.14. The van der Waals surface area contributed by atoms with Gasteiger partial charge in [0.1, 0.15) is 17.3 Å². The van der Waals surface area contributed by atoms with E-state index >= 15 is 0 Å². The molecule has 0 radical (unpaired) electrons. The fourth-order valence-electron chi connectivity index (χ4n) is 2.32. The second kappa shape index (κ2) is 5.14. The summed E-state index contributed by atoms with van der Waals surface area (Å²) in [6.45, 7) is 1.16. The van der Waals surface area contributed by atoms with Gasteiger partial charge in [-0.05, 0) is 31.4 Å². The predicted molar refractivity (Wildman–Crippen MR) is 67.3 cm³/mol. The molecule has 0 spiro atoms. The number of aliphatic hydroxyl groups excluding tert-OH is 1. The molecule has 0 aliphatic carbocycles. The van der Waals surface area contributed by atoms with E-state index in [9.17, 15) is 0 Å². The van der Waals surface area contributed by atoms with Gasteiger partial charge in [-0.15, -0.1) is 0 Å². The van der Waals surface area contributed by atoms with Crippen molar-refractivity contribution in [3.05, 3.63) is 23.9 Å². The van der Waals surface area contributed by atoms with Crippen LogP contribution >= 0.6 is 0 Å². The first kappa shape index (κ1) is 11.9. The van der Waals surface area contributed by atoms with Gasteiger partial charge in [0, 0.05) is 19.2 Å². The molecule has 1 saturated heterocycles. The Balaban J connectivity index is 2.21. The summed E-state index contributed by atoms with van der Waals surface area (Å²) in [5.41, 5.74) is 5.95. The van der Waals surface area contributed by atoms with Crippen molar-refractivity contribution in [2.45, 2.75) is 25.3 Å². The Labute approximate surface area is 101 Å². The first-order valence-corrected chi connectivity index (χ1v) is 5.91. The number of hydrogen-bond acceptors (Lipinski definition) is 4. The molecule has 1 aromatic rings. The molecule has 5 heteroatoms. The van der Waals surface area contributed by atoms with Crippen molar-refractivity contribution in [1.29, 1.82) is 5.41 Å². The maximum Gasteiger partial charge on any atom is 0.141 e. The highest BCUT2D eigenvalue weighted by Gasteiger charge is 2.25. The number of aromatic nitrogens is 1. The van der Waals surface area contributed by atoms with Crippen LogP contribution in [-0.4, -0.2) is 35.1 Å². The molecule has 1 atom stereocenters. The van der Waals surface area contributed by atoms with Gasteiger partial charge in [0.15, 0.2) is 0 Å². The number of nitrogen functional groups attached to an aromatic ring is 1. The second-order valence-corrected chi connectivity index (χ2v) is 4.30. The predicted octanol–water partition coefficient (Wildman–Crippen LogP) is 0.717. The fourth-order valence-corrected chi connectivity index (χ4v) is 2.32. The molecule has 0 saturated carbocycles. The van der Waals surface area contributed by atoms with E-state index in [0.29, 0.717) is 11.7 Å². The second-order valence-electron chi connectivity index (χ2n) is 4.30. The minimum Gasteiger partial charge on any atom is -0.396 e. The molecule has 1 aromatic heterocycles. The molecular weight excluding hydrogens is 216 g/mol. The normalized spacial score (nSPS) is 19.6. The van der Waals surface area contributed by atoms with Gasteiger partial charge in [0.2, 0.25) is 0 Å². The van der Waals surface area contributed by atoms with Crippen molar-refractivity contribution in [3.8, 4) is 0 Å². The molecular formula is C12H18N4O. The highest BCUT2D eigenvalue weighted by Crippen LogP contribution is 2.25. The van der Waals surface area contributed by atoms with Crippen LogP contribution in [0.15, 0.2) is 18.2 Å². The lowest BCUT2D eigenvalue weighted by Gasteiger charge is -2.25. The Kier molecular flexibility index (Phi) is 3.58. The van der Waals surface area contributed by atoms with Gasteiger partial charge in [-0.25, -0.2) is 4.98 Å². The maximum absolute atomic E-state index is 9.03. The number of nitrogens with zero attached hydrogens (tertiary/aromatic N) is 2. The van der Waals surface area contributed by atoms with Crippen LogP contribution in [0.3, 0.4) is 0 Å². The lowest BCUT2D eigenvalue weighted by atomic mass is 10.1. The first-order valence-electron chi connectivity index (χ1n) is 5.91. The van der Waals surface area contributed by atoms with Crippen molar-refractivity contribution in [3.63, 3.8) is 0 Å². The summed E-state index contributed by atoms with van der Waals surface area (Å²) < 4.78 is 0. The van der Waals surface area contributed by atoms with Crippen LogP contribution in [0.4, 0.5) is 5.82 Å². The maximum atomic E-state index is 9.03. The largest absolute Gasteiger partial charge is 0.396 e. The zero-order valence-electron chi connectivity index (χ0n) is 9.76. The topological polar surface area (TPSA) is 86.2 Å². The summed E-state index contributed by atoms with van der Waals surface area (Å²) in [6.07, 6.45) is 2.98. The van der Waals surface area contributed by atoms with E-state index in [4.69, 9.17) is 16.2 Å². The Morgan fingerprint density at radius 1 is 1.59 bits per heavy atom. The zero-order valence-corrected chi connectivity index (χ0v) is 9.76. The summed E-state index contributed by atoms with van der Waals surface area (Å²) in [5.74, 6) is 0.846. The molecule has 1 unspecified atom stereocenters. The average molecular weight is 234 g/mol. The number of nitrogens with two attached hydrogens (primary N) is 1. The lowest BCUT2D eigenvalue weighted by molar-refractivity contribution is 0.275. The lowest BCUT2D eigenvalue weighted by Crippen LogP contribution is -2.31. The minimum absolute atomic E-state index is 0.00949. The van der Waals surface area contributed by atoms with Gasteiger partial charge in [-0.3, -0.25) is 5.41 Å². The summed E-state index contributed by atoms with van der Waals surface area (Å²) in [4.78, 5) is 6.58. The van der Waals surface area contributed by atoms with E-state index in [-0.39, 0.29) is 12.4 Å². The van der Waals surface area contributed by atoms with Crippen molar-refractivity contribution < 1.29 is 5.11 Å². The van der Waals surface area contributed by atoms with Crippen LogP contribution in [0, 0.1) is 5.41 Å². The smallest absolute Gasteiger partial charge is 0.141 e. The summed E-state index contributed by atoms with van der Waals surface area (Å²) in [7, 11) is 0. The number of aliphatic hydroxyl groups is 1. The molecule has 0 amide bonds. The summed E-state index contributed by atoms with van der Waals surface area (Å²) >= 11 is 0. The van der Waals surface area contributed by atoms with Crippen molar-refractivity contribution >= 4 is 11.7 Å². The standard InChI is InChI=1S/C12H18N4O/c13-12(14)10-4-1-5-11(15-10)16-7-2-3-9(16)6-8-17/h1,4-5,9,17H,2-3,6-8H2,(H3,13,14). The molecule has 0 bridgehead atoms. The number of rotatable bonds is 4. The van der Waals surface area contributed by atoms with Crippen LogP contribution < -0.4 is 10.6 Å². The van der Waals surface area contributed by atoms with E-state index in [1.165, 1.54) is 0 Å². The Hall–Kier alpha value is -1.62. The summed E-state index contributed by atoms with van der Waals surface area (Å²) in [6, 6.07) is 5.90. The van der Waals surface area contributed by atoms with Crippen molar-refractivity contribution in [1.82, 2.24) is 4.98 Å². The van der Waals surface area contributed by atoms with E-state index in [0.717, 1.165) is 31.6 Å². The SMILES string of the molecule is N=C(N)c1cccc(N2CCCC2CCO)n1. The highest BCUT2D eigenvalue weighted by atomic mass is 16.3. The molecule has 2 heterocycles. The van der Waals surface area contributed by atoms with Crippen molar-refractivity contribution in [2.24, 2.45) is 5.73 Å². The first-order chi connectivity index (χ1) is 8.22. The molecule has 0 aromatic carbocycles. The number of hydrogen-bond donors (Lipinski definition) is 3. The monoisotopic (exact) mass is 234 g/mol. The van der Waals surface area contributed by atoms with Crippen LogP contribution in [0.1, 0.15) is 25.0 Å². The third kappa shape index (κ3) is 2.55. The van der Waals surface area contributed by atoms with Gasteiger partial charge in [0.25, 0.3) is 0 Å². The Morgan fingerprint density at radius 2 is 2.41 bits per heavy atom. The van der Waals surface area contributed by atoms with Gasteiger partial charge in [-0.1, -0.05) is 6.07 Å². The van der Waals surface area contributed by atoms with Crippen LogP contribution in [-0.2, 0) is 0 Å². The quantitative estimate of drug-likeness (QED) is 0.529. The van der Waals surface area contributed by atoms with Crippen LogP contribution in [0.5, 0.6) is 0 Å². The minimum atomic E-state index is -0.00949. The number of anilines is 1. The van der Waals surface area contributed by atoms with E-state index < -0.39 is 0 Å². The van der Waals surface area contributed by atoms with Crippen molar-refractivity contribution in [2.75, 3.05) is 18.1 Å². The molecule has 1 fully saturated rings. The van der Waals surface area contributed by atoms with Gasteiger partial charge in [-0.2, -0.15) is 0 Å².